The molecule has 0 saturated heterocycles. The van der Waals surface area contributed by atoms with Gasteiger partial charge < -0.3 is 10.1 Å². The van der Waals surface area contributed by atoms with Crippen LogP contribution in [-0.4, -0.2) is 36.1 Å². The molecule has 0 aromatic carbocycles. The molecule has 6 nitrogen and oxygen atoms in total. The van der Waals surface area contributed by atoms with Gasteiger partial charge in [0.25, 0.3) is 10.0 Å². The fraction of sp³-hybridized carbons (Fsp3) is 0.700. The highest BCUT2D eigenvalue weighted by atomic mass is 32.2. The van der Waals surface area contributed by atoms with Crippen molar-refractivity contribution in [1.82, 2.24) is 14.7 Å². The normalized spacial score (nSPS) is 14.8. The van der Waals surface area contributed by atoms with Crippen molar-refractivity contribution >= 4 is 10.0 Å². The third-order valence-electron chi connectivity index (χ3n) is 2.35. The molecule has 0 aliphatic carbocycles. The molecule has 0 fully saturated rings. The molecule has 1 aromatic rings. The second-order valence-electron chi connectivity index (χ2n) is 4.96. The second kappa shape index (κ2) is 5.16. The third-order valence-corrected chi connectivity index (χ3v) is 3.68. The molecule has 0 unspecified atom stereocenters. The highest BCUT2D eigenvalue weighted by Gasteiger charge is 2.24. The molecular formula is C10H19N3O3S. The van der Waals surface area contributed by atoms with Gasteiger partial charge in [0.2, 0.25) is 0 Å². The van der Waals surface area contributed by atoms with Crippen LogP contribution in [0, 0.1) is 5.41 Å². The molecule has 0 aliphatic rings. The molecule has 17 heavy (non-hydrogen) atoms. The molecule has 98 valence electrons. The SMILES string of the molecule is C[C@@H](O)CC(C)(C)CNS(=O)(=O)c1cnc[nH]1. The van der Waals surface area contributed by atoms with E-state index in [1.54, 1.807) is 6.92 Å². The predicted molar refractivity (Wildman–Crippen MR) is 63.9 cm³/mol. The summed E-state index contributed by atoms with van der Waals surface area (Å²) in [6.45, 7) is 5.74. The van der Waals surface area contributed by atoms with E-state index in [0.717, 1.165) is 0 Å². The van der Waals surface area contributed by atoms with Crippen molar-refractivity contribution in [3.63, 3.8) is 0 Å². The molecule has 1 atom stereocenters. The van der Waals surface area contributed by atoms with Gasteiger partial charge in [-0.2, -0.15) is 0 Å². The highest BCUT2D eigenvalue weighted by molar-refractivity contribution is 7.89. The number of rotatable bonds is 6. The van der Waals surface area contributed by atoms with Crippen LogP contribution in [0.3, 0.4) is 0 Å². The van der Waals surface area contributed by atoms with Gasteiger partial charge in [-0.25, -0.2) is 18.1 Å². The van der Waals surface area contributed by atoms with Crippen molar-refractivity contribution in [1.29, 1.82) is 0 Å². The molecule has 1 heterocycles. The number of aliphatic hydroxyl groups excluding tert-OH is 1. The zero-order valence-corrected chi connectivity index (χ0v) is 11.1. The van der Waals surface area contributed by atoms with Crippen molar-refractivity contribution in [2.75, 3.05) is 6.54 Å². The first-order chi connectivity index (χ1) is 7.73. The number of hydrogen-bond acceptors (Lipinski definition) is 4. The maximum absolute atomic E-state index is 11.8. The van der Waals surface area contributed by atoms with Crippen LogP contribution >= 0.6 is 0 Å². The number of nitrogens with one attached hydrogen (secondary N) is 2. The number of aromatic nitrogens is 2. The van der Waals surface area contributed by atoms with E-state index < -0.39 is 16.1 Å². The fourth-order valence-corrected chi connectivity index (χ4v) is 2.77. The Balaban J connectivity index is 2.62. The lowest BCUT2D eigenvalue weighted by molar-refractivity contribution is 0.131. The van der Waals surface area contributed by atoms with Crippen LogP contribution in [0.2, 0.25) is 0 Å². The summed E-state index contributed by atoms with van der Waals surface area (Å²) in [5.41, 5.74) is -0.304. The number of imidazole rings is 1. The molecule has 0 spiro atoms. The summed E-state index contributed by atoms with van der Waals surface area (Å²) >= 11 is 0. The van der Waals surface area contributed by atoms with Gasteiger partial charge in [-0.3, -0.25) is 0 Å². The Hall–Kier alpha value is -0.920. The Labute approximate surface area is 102 Å². The minimum Gasteiger partial charge on any atom is -0.393 e. The van der Waals surface area contributed by atoms with Gasteiger partial charge in [-0.15, -0.1) is 0 Å². The number of H-pyrrole nitrogens is 1. The Morgan fingerprint density at radius 3 is 2.71 bits per heavy atom. The van der Waals surface area contributed by atoms with E-state index in [0.29, 0.717) is 6.42 Å². The maximum atomic E-state index is 11.8. The molecule has 0 radical (unpaired) electrons. The molecule has 0 aliphatic heterocycles. The van der Waals surface area contributed by atoms with Gasteiger partial charge in [0.15, 0.2) is 5.03 Å². The minimum atomic E-state index is -3.54. The summed E-state index contributed by atoms with van der Waals surface area (Å²) in [4.78, 5) is 6.21. The average molecular weight is 261 g/mol. The van der Waals surface area contributed by atoms with Crippen molar-refractivity contribution in [3.05, 3.63) is 12.5 Å². The number of sulfonamides is 1. The molecule has 0 bridgehead atoms. The molecule has 0 saturated carbocycles. The first kappa shape index (κ1) is 14.1. The number of aromatic amines is 1. The average Bonchev–Trinajstić information content (AvgIpc) is 2.66. The molecule has 3 N–H and O–H groups in total. The number of aliphatic hydroxyl groups is 1. The van der Waals surface area contributed by atoms with Crippen LogP contribution in [0.5, 0.6) is 0 Å². The molecular weight excluding hydrogens is 242 g/mol. The van der Waals surface area contributed by atoms with Crippen molar-refractivity contribution in [3.8, 4) is 0 Å². The lowest BCUT2D eigenvalue weighted by Gasteiger charge is -2.26. The van der Waals surface area contributed by atoms with Crippen molar-refractivity contribution in [2.24, 2.45) is 5.41 Å². The Bertz CT molecular complexity index is 437. The maximum Gasteiger partial charge on any atom is 0.257 e. The van der Waals surface area contributed by atoms with Crippen LogP contribution in [0.4, 0.5) is 0 Å². The monoisotopic (exact) mass is 261 g/mol. The van der Waals surface area contributed by atoms with Gasteiger partial charge in [0.1, 0.15) is 0 Å². The van der Waals surface area contributed by atoms with E-state index in [2.05, 4.69) is 14.7 Å². The van der Waals surface area contributed by atoms with Crippen LogP contribution < -0.4 is 4.72 Å². The second-order valence-corrected chi connectivity index (χ2v) is 6.69. The summed E-state index contributed by atoms with van der Waals surface area (Å²) in [6.07, 6.45) is 2.64. The van der Waals surface area contributed by atoms with E-state index in [4.69, 9.17) is 0 Å². The fourth-order valence-electron chi connectivity index (χ4n) is 1.63. The van der Waals surface area contributed by atoms with Gasteiger partial charge in [0.05, 0.1) is 18.6 Å². The Kier molecular flexibility index (Phi) is 4.29. The molecule has 7 heteroatoms. The zero-order chi connectivity index (χ0) is 13.1. The molecule has 1 rings (SSSR count). The van der Waals surface area contributed by atoms with Gasteiger partial charge in [0, 0.05) is 6.54 Å². The van der Waals surface area contributed by atoms with E-state index in [-0.39, 0.29) is 17.0 Å². The van der Waals surface area contributed by atoms with Crippen LogP contribution in [0.25, 0.3) is 0 Å². The van der Waals surface area contributed by atoms with Gasteiger partial charge >= 0.3 is 0 Å². The summed E-state index contributed by atoms with van der Waals surface area (Å²) in [5.74, 6) is 0. The predicted octanol–water partition coefficient (Wildman–Crippen LogP) is 0.485. The first-order valence-electron chi connectivity index (χ1n) is 5.39. The standard InChI is InChI=1S/C10H19N3O3S/c1-8(14)4-10(2,3)6-13-17(15,16)9-5-11-7-12-9/h5,7-8,13-14H,4,6H2,1-3H3,(H,11,12)/t8-/m1/s1. The van der Waals surface area contributed by atoms with Crippen LogP contribution in [0.15, 0.2) is 17.6 Å². The van der Waals surface area contributed by atoms with E-state index >= 15 is 0 Å². The Morgan fingerprint density at radius 2 is 2.24 bits per heavy atom. The smallest absolute Gasteiger partial charge is 0.257 e. The van der Waals surface area contributed by atoms with Crippen molar-refractivity contribution in [2.45, 2.75) is 38.3 Å². The summed E-state index contributed by atoms with van der Waals surface area (Å²) < 4.78 is 26.1. The zero-order valence-electron chi connectivity index (χ0n) is 10.3. The summed E-state index contributed by atoms with van der Waals surface area (Å²) in [7, 11) is -3.54. The largest absolute Gasteiger partial charge is 0.393 e. The van der Waals surface area contributed by atoms with E-state index in [9.17, 15) is 13.5 Å². The summed E-state index contributed by atoms with van der Waals surface area (Å²) in [5, 5.41) is 9.35. The quantitative estimate of drug-likeness (QED) is 0.694. The van der Waals surface area contributed by atoms with Gasteiger partial charge in [-0.05, 0) is 18.8 Å². The topological polar surface area (TPSA) is 95.1 Å². The van der Waals surface area contributed by atoms with E-state index in [1.165, 1.54) is 12.5 Å². The van der Waals surface area contributed by atoms with Gasteiger partial charge in [-0.1, -0.05) is 13.8 Å². The third kappa shape index (κ3) is 4.45. The number of nitrogens with zero attached hydrogens (tertiary/aromatic N) is 1. The molecule has 1 aromatic heterocycles. The lowest BCUT2D eigenvalue weighted by Crippen LogP contribution is -2.35. The Morgan fingerprint density at radius 1 is 1.59 bits per heavy atom. The number of hydrogen-bond donors (Lipinski definition) is 3. The molecule has 0 amide bonds. The lowest BCUT2D eigenvalue weighted by atomic mass is 9.87. The van der Waals surface area contributed by atoms with E-state index in [1.807, 2.05) is 13.8 Å². The highest BCUT2D eigenvalue weighted by Crippen LogP contribution is 2.21. The first-order valence-corrected chi connectivity index (χ1v) is 6.87. The summed E-state index contributed by atoms with van der Waals surface area (Å²) in [6, 6.07) is 0. The van der Waals surface area contributed by atoms with Crippen LogP contribution in [0.1, 0.15) is 27.2 Å². The van der Waals surface area contributed by atoms with Crippen molar-refractivity contribution < 1.29 is 13.5 Å². The minimum absolute atomic E-state index is 0.0466. The van der Waals surface area contributed by atoms with Crippen LogP contribution in [-0.2, 0) is 10.0 Å².